The lowest BCUT2D eigenvalue weighted by Crippen LogP contribution is -2.03. The van der Waals surface area contributed by atoms with Gasteiger partial charge in [0.15, 0.2) is 0 Å². The molecule has 2 nitrogen and oxygen atoms in total. The second kappa shape index (κ2) is 14.0. The maximum atomic E-state index is 9.01. The smallest absolute Gasteiger partial charge is 0.0433 e. The minimum absolute atomic E-state index is 0.343. The molecule has 2 N–H and O–H groups in total. The Bertz CT molecular complexity index is 137. The van der Waals surface area contributed by atoms with Gasteiger partial charge in [-0.15, -0.1) is 0 Å². The van der Waals surface area contributed by atoms with Gasteiger partial charge in [0.1, 0.15) is 0 Å². The molecule has 0 heterocycles. The lowest BCUT2D eigenvalue weighted by atomic mass is 9.92. The monoisotopic (exact) mass is 244 g/mol. The normalized spacial score (nSPS) is 12.9. The quantitative estimate of drug-likeness (QED) is 0.482. The molecule has 0 fully saturated rings. The molecule has 0 aliphatic rings. The van der Waals surface area contributed by atoms with Gasteiger partial charge in [0.2, 0.25) is 0 Å². The first-order valence-corrected chi connectivity index (χ1v) is 7.56. The third kappa shape index (κ3) is 12.2. The minimum atomic E-state index is 0.343. The van der Waals surface area contributed by atoms with Crippen LogP contribution in [0.5, 0.6) is 0 Å². The number of aliphatic hydroxyl groups is 2. The van der Waals surface area contributed by atoms with Crippen LogP contribution in [0.4, 0.5) is 0 Å². The summed E-state index contributed by atoms with van der Waals surface area (Å²) in [4.78, 5) is 0. The van der Waals surface area contributed by atoms with E-state index in [1.165, 1.54) is 57.8 Å². The van der Waals surface area contributed by atoms with Gasteiger partial charge in [0.05, 0.1) is 0 Å². The number of unbranched alkanes of at least 4 members (excludes halogenated alkanes) is 6. The van der Waals surface area contributed by atoms with Crippen LogP contribution in [0.2, 0.25) is 0 Å². The van der Waals surface area contributed by atoms with E-state index < -0.39 is 0 Å². The average molecular weight is 244 g/mol. The molecule has 0 bridgehead atoms. The van der Waals surface area contributed by atoms with E-state index >= 15 is 0 Å². The predicted molar refractivity (Wildman–Crippen MR) is 74.1 cm³/mol. The molecular weight excluding hydrogens is 212 g/mol. The van der Waals surface area contributed by atoms with E-state index in [9.17, 15) is 0 Å². The fourth-order valence-electron chi connectivity index (χ4n) is 2.36. The Balaban J connectivity index is 3.34. The largest absolute Gasteiger partial charge is 0.396 e. The van der Waals surface area contributed by atoms with Crippen molar-refractivity contribution in [3.63, 3.8) is 0 Å². The molecule has 0 aliphatic heterocycles. The summed E-state index contributed by atoms with van der Waals surface area (Å²) in [7, 11) is 0. The molecular formula is C15H32O2. The summed E-state index contributed by atoms with van der Waals surface area (Å²) in [5.74, 6) is 0.748. The molecule has 0 saturated carbocycles. The van der Waals surface area contributed by atoms with E-state index in [-0.39, 0.29) is 0 Å². The van der Waals surface area contributed by atoms with Crippen molar-refractivity contribution in [1.29, 1.82) is 0 Å². The first-order chi connectivity index (χ1) is 8.35. The molecule has 0 aromatic carbocycles. The fourth-order valence-corrected chi connectivity index (χ4v) is 2.36. The average Bonchev–Trinajstić information content (AvgIpc) is 2.34. The van der Waals surface area contributed by atoms with Gasteiger partial charge >= 0.3 is 0 Å². The number of aliphatic hydroxyl groups excluding tert-OH is 2. The molecule has 1 atom stereocenters. The van der Waals surface area contributed by atoms with Crippen molar-refractivity contribution in [1.82, 2.24) is 0 Å². The van der Waals surface area contributed by atoms with Gasteiger partial charge in [-0.25, -0.2) is 0 Å². The molecule has 0 amide bonds. The van der Waals surface area contributed by atoms with Crippen LogP contribution in [0.25, 0.3) is 0 Å². The highest BCUT2D eigenvalue weighted by atomic mass is 16.3. The van der Waals surface area contributed by atoms with Gasteiger partial charge in [-0.2, -0.15) is 0 Å². The standard InChI is InChI=1S/C15H32O2/c1-2-3-10-15(12-14-17)11-8-6-4-5-7-9-13-16/h15-17H,2-14H2,1H3. The van der Waals surface area contributed by atoms with Crippen LogP contribution in [0, 0.1) is 5.92 Å². The van der Waals surface area contributed by atoms with Gasteiger partial charge in [-0.05, 0) is 18.8 Å². The van der Waals surface area contributed by atoms with Gasteiger partial charge in [0, 0.05) is 13.2 Å². The van der Waals surface area contributed by atoms with Crippen molar-refractivity contribution >= 4 is 0 Å². The van der Waals surface area contributed by atoms with Crippen molar-refractivity contribution in [2.45, 2.75) is 77.6 Å². The summed E-state index contributed by atoms with van der Waals surface area (Å²) in [6.07, 6.45) is 13.5. The summed E-state index contributed by atoms with van der Waals surface area (Å²) in [5, 5.41) is 17.7. The highest BCUT2D eigenvalue weighted by Crippen LogP contribution is 2.20. The van der Waals surface area contributed by atoms with Gasteiger partial charge in [-0.3, -0.25) is 0 Å². The molecule has 0 saturated heterocycles. The lowest BCUT2D eigenvalue weighted by molar-refractivity contribution is 0.242. The third-order valence-electron chi connectivity index (χ3n) is 3.52. The summed E-state index contributed by atoms with van der Waals surface area (Å²) < 4.78 is 0. The highest BCUT2D eigenvalue weighted by Gasteiger charge is 2.07. The minimum Gasteiger partial charge on any atom is -0.396 e. The molecule has 1 unspecified atom stereocenters. The van der Waals surface area contributed by atoms with E-state index in [2.05, 4.69) is 6.92 Å². The maximum Gasteiger partial charge on any atom is 0.0433 e. The van der Waals surface area contributed by atoms with E-state index in [0.717, 1.165) is 18.8 Å². The van der Waals surface area contributed by atoms with Crippen molar-refractivity contribution in [2.24, 2.45) is 5.92 Å². The van der Waals surface area contributed by atoms with Gasteiger partial charge in [-0.1, -0.05) is 64.7 Å². The Morgan fingerprint density at radius 2 is 1.24 bits per heavy atom. The first kappa shape index (κ1) is 16.9. The Hall–Kier alpha value is -0.0800. The molecule has 0 aromatic heterocycles. The van der Waals surface area contributed by atoms with Crippen molar-refractivity contribution in [2.75, 3.05) is 13.2 Å². The second-order valence-corrected chi connectivity index (χ2v) is 5.15. The topological polar surface area (TPSA) is 40.5 Å². The molecule has 104 valence electrons. The summed E-state index contributed by atoms with van der Waals surface area (Å²) in [5.41, 5.74) is 0. The van der Waals surface area contributed by atoms with Gasteiger partial charge < -0.3 is 10.2 Å². The fraction of sp³-hybridized carbons (Fsp3) is 1.00. The molecule has 0 radical (unpaired) electrons. The van der Waals surface area contributed by atoms with Crippen LogP contribution in [0.3, 0.4) is 0 Å². The summed E-state index contributed by atoms with van der Waals surface area (Å²) in [6, 6.07) is 0. The van der Waals surface area contributed by atoms with Crippen LogP contribution in [0.15, 0.2) is 0 Å². The van der Waals surface area contributed by atoms with Crippen LogP contribution in [-0.4, -0.2) is 23.4 Å². The zero-order valence-corrected chi connectivity index (χ0v) is 11.7. The van der Waals surface area contributed by atoms with Crippen molar-refractivity contribution in [3.8, 4) is 0 Å². The summed E-state index contributed by atoms with van der Waals surface area (Å²) in [6.45, 7) is 2.93. The van der Waals surface area contributed by atoms with Crippen LogP contribution >= 0.6 is 0 Å². The lowest BCUT2D eigenvalue weighted by Gasteiger charge is -2.15. The first-order valence-electron chi connectivity index (χ1n) is 7.56. The second-order valence-electron chi connectivity index (χ2n) is 5.15. The Morgan fingerprint density at radius 1 is 0.647 bits per heavy atom. The number of hydrogen-bond donors (Lipinski definition) is 2. The van der Waals surface area contributed by atoms with E-state index in [1.807, 2.05) is 0 Å². The van der Waals surface area contributed by atoms with Crippen LogP contribution in [-0.2, 0) is 0 Å². The molecule has 0 aliphatic carbocycles. The summed E-state index contributed by atoms with van der Waals surface area (Å²) >= 11 is 0. The van der Waals surface area contributed by atoms with Crippen LogP contribution < -0.4 is 0 Å². The highest BCUT2D eigenvalue weighted by molar-refractivity contribution is 4.60. The SMILES string of the molecule is CCCCC(CCO)CCCCCCCCO. The molecule has 2 heteroatoms. The molecule has 0 rings (SSSR count). The van der Waals surface area contributed by atoms with Crippen LogP contribution in [0.1, 0.15) is 77.6 Å². The Kier molecular flexibility index (Phi) is 13.9. The number of hydrogen-bond acceptors (Lipinski definition) is 2. The molecule has 17 heavy (non-hydrogen) atoms. The van der Waals surface area contributed by atoms with Gasteiger partial charge in [0.25, 0.3) is 0 Å². The Labute approximate surface area is 107 Å². The van der Waals surface area contributed by atoms with Crippen molar-refractivity contribution < 1.29 is 10.2 Å². The maximum absolute atomic E-state index is 9.01. The van der Waals surface area contributed by atoms with E-state index in [0.29, 0.717) is 13.2 Å². The Morgan fingerprint density at radius 3 is 1.82 bits per heavy atom. The zero-order valence-electron chi connectivity index (χ0n) is 11.7. The third-order valence-corrected chi connectivity index (χ3v) is 3.52. The molecule has 0 aromatic rings. The predicted octanol–water partition coefficient (Wildman–Crippen LogP) is 3.90. The van der Waals surface area contributed by atoms with Crippen molar-refractivity contribution in [3.05, 3.63) is 0 Å². The zero-order chi connectivity index (χ0) is 12.8. The van der Waals surface area contributed by atoms with E-state index in [1.54, 1.807) is 0 Å². The molecule has 0 spiro atoms. The van der Waals surface area contributed by atoms with E-state index in [4.69, 9.17) is 10.2 Å². The number of rotatable bonds is 13.